The number of piperidine rings is 1. The number of hydrogen-bond acceptors (Lipinski definition) is 6. The van der Waals surface area contributed by atoms with Crippen molar-refractivity contribution in [2.24, 2.45) is 0 Å². The van der Waals surface area contributed by atoms with Crippen LogP contribution in [0.5, 0.6) is 11.5 Å². The van der Waals surface area contributed by atoms with E-state index in [1.54, 1.807) is 14.2 Å². The first-order valence-corrected chi connectivity index (χ1v) is 15.2. The molecule has 0 radical (unpaired) electrons. The number of likely N-dealkylation sites (N-methyl/N-ethyl adjacent to an activating group) is 1. The number of carbonyl (C=O) groups is 2. The largest absolute Gasteiger partial charge is 0.497 e. The Morgan fingerprint density at radius 1 is 1.07 bits per heavy atom. The summed E-state index contributed by atoms with van der Waals surface area (Å²) in [6, 6.07) is 13.8. The molecular weight excluding hydrogens is 536 g/mol. The predicted octanol–water partition coefficient (Wildman–Crippen LogP) is 6.23. The molecule has 1 spiro atoms. The van der Waals surface area contributed by atoms with Gasteiger partial charge in [-0.2, -0.15) is 0 Å². The highest BCUT2D eigenvalue weighted by Crippen LogP contribution is 2.47. The molecule has 1 aromatic heterocycles. The third kappa shape index (κ3) is 4.96. The maximum atomic E-state index is 13.7. The van der Waals surface area contributed by atoms with Crippen LogP contribution in [0.1, 0.15) is 55.2 Å². The van der Waals surface area contributed by atoms with Crippen molar-refractivity contribution < 1.29 is 19.1 Å². The van der Waals surface area contributed by atoms with E-state index < -0.39 is 5.54 Å². The van der Waals surface area contributed by atoms with E-state index in [1.807, 2.05) is 83.3 Å². The lowest BCUT2D eigenvalue weighted by atomic mass is 9.83. The van der Waals surface area contributed by atoms with Gasteiger partial charge in [-0.25, -0.2) is 9.78 Å². The number of methoxy groups -OCH3 is 2. The lowest BCUT2D eigenvalue weighted by molar-refractivity contribution is 0.0571. The third-order valence-electron chi connectivity index (χ3n) is 8.24. The smallest absolute Gasteiger partial charge is 0.325 e. The first-order valence-electron chi connectivity index (χ1n) is 14.3. The second-order valence-corrected chi connectivity index (χ2v) is 11.0. The van der Waals surface area contributed by atoms with Gasteiger partial charge in [0.2, 0.25) is 0 Å². The zero-order valence-electron chi connectivity index (χ0n) is 24.5. The number of ether oxygens (including phenoxy) is 2. The highest BCUT2D eigenvalue weighted by atomic mass is 32.1. The second-order valence-electron chi connectivity index (χ2n) is 10.1. The van der Waals surface area contributed by atoms with Gasteiger partial charge in [0.15, 0.2) is 0 Å². The van der Waals surface area contributed by atoms with Crippen molar-refractivity contribution >= 4 is 23.3 Å². The van der Waals surface area contributed by atoms with Gasteiger partial charge in [-0.15, -0.1) is 11.3 Å². The molecule has 3 aliphatic heterocycles. The average molecular weight is 575 g/mol. The van der Waals surface area contributed by atoms with Crippen LogP contribution in [0, 0.1) is 0 Å². The molecule has 3 aliphatic rings. The molecular formula is C32H38N4O4S. The summed E-state index contributed by atoms with van der Waals surface area (Å²) in [4.78, 5) is 37.6. The highest BCUT2D eigenvalue weighted by molar-refractivity contribution is 7.13. The molecule has 4 heterocycles. The maximum absolute atomic E-state index is 13.7. The molecule has 3 aromatic rings. The van der Waals surface area contributed by atoms with Crippen LogP contribution in [0.25, 0.3) is 10.6 Å². The average Bonchev–Trinajstić information content (AvgIpc) is 3.52. The fourth-order valence-corrected chi connectivity index (χ4v) is 7.08. The highest BCUT2D eigenvalue weighted by Gasteiger charge is 2.54. The van der Waals surface area contributed by atoms with Crippen molar-refractivity contribution in [1.82, 2.24) is 19.7 Å². The molecule has 6 rings (SSSR count). The van der Waals surface area contributed by atoms with E-state index in [-0.39, 0.29) is 11.9 Å². The van der Waals surface area contributed by atoms with Crippen LogP contribution in [-0.2, 0) is 13.0 Å². The van der Waals surface area contributed by atoms with Crippen LogP contribution in [0.15, 0.2) is 59.6 Å². The van der Waals surface area contributed by atoms with E-state index in [2.05, 4.69) is 11.1 Å². The number of fused-ring (bicyclic) bond motifs is 3. The zero-order chi connectivity index (χ0) is 29.1. The molecule has 2 aromatic carbocycles. The predicted molar refractivity (Wildman–Crippen MR) is 161 cm³/mol. The van der Waals surface area contributed by atoms with Gasteiger partial charge in [0.25, 0.3) is 5.91 Å². The second kappa shape index (κ2) is 11.9. The van der Waals surface area contributed by atoms with Gasteiger partial charge in [-0.1, -0.05) is 50.3 Å². The quantitative estimate of drug-likeness (QED) is 0.361. The summed E-state index contributed by atoms with van der Waals surface area (Å²) in [6.07, 6.45) is 4.24. The fraction of sp³-hybridized carbons (Fsp3) is 0.406. The van der Waals surface area contributed by atoms with E-state index in [4.69, 9.17) is 9.47 Å². The number of nitrogens with zero attached hydrogens (tertiary/aromatic N) is 4. The number of hydrogen-bond donors (Lipinski definition) is 0. The Morgan fingerprint density at radius 2 is 1.80 bits per heavy atom. The monoisotopic (exact) mass is 574 g/mol. The first-order chi connectivity index (χ1) is 20.0. The normalized spacial score (nSPS) is 17.2. The van der Waals surface area contributed by atoms with Gasteiger partial charge in [-0.3, -0.25) is 9.69 Å². The molecule has 216 valence electrons. The van der Waals surface area contributed by atoms with Crippen LogP contribution in [0.3, 0.4) is 0 Å². The molecule has 0 bridgehead atoms. The molecule has 8 nitrogen and oxygen atoms in total. The number of allylic oxidation sites excluding steroid dienone is 1. The Labute approximate surface area is 246 Å². The van der Waals surface area contributed by atoms with E-state index >= 15 is 0 Å². The van der Waals surface area contributed by atoms with Crippen LogP contribution < -0.4 is 9.47 Å². The zero-order valence-corrected chi connectivity index (χ0v) is 25.3. The number of amides is 3. The van der Waals surface area contributed by atoms with Crippen LogP contribution >= 0.6 is 11.3 Å². The number of aromatic nitrogens is 1. The van der Waals surface area contributed by atoms with Gasteiger partial charge in [0.1, 0.15) is 22.2 Å². The molecule has 0 saturated carbocycles. The summed E-state index contributed by atoms with van der Waals surface area (Å²) < 4.78 is 11.2. The fourth-order valence-electron chi connectivity index (χ4n) is 6.28. The summed E-state index contributed by atoms with van der Waals surface area (Å²) in [6.45, 7) is 8.24. The standard InChI is InChI=1S/C30H32N4O4S.C2H6/c1-4-34-29(36)33-18-21-16-22(37-2)17-25(38-3)23(21)10-11-26(33)30(34)12-14-32(15-13-30)28(35)24-19-39-27(31-24)20-8-6-5-7-9-20;1-2/h5-9,11,16-17,19H,4,10,12-15,18H2,1-3H3;1-2H3. The van der Waals surface area contributed by atoms with Crippen molar-refractivity contribution in [1.29, 1.82) is 0 Å². The van der Waals surface area contributed by atoms with Crippen LogP contribution in [0.4, 0.5) is 4.79 Å². The van der Waals surface area contributed by atoms with E-state index in [0.29, 0.717) is 56.9 Å². The van der Waals surface area contributed by atoms with Gasteiger partial charge < -0.3 is 19.3 Å². The van der Waals surface area contributed by atoms with Crippen molar-refractivity contribution in [2.75, 3.05) is 33.9 Å². The number of thiazole rings is 1. The number of benzene rings is 2. The minimum Gasteiger partial charge on any atom is -0.497 e. The van der Waals surface area contributed by atoms with Gasteiger partial charge in [0, 0.05) is 47.9 Å². The summed E-state index contributed by atoms with van der Waals surface area (Å²) in [5, 5.41) is 2.69. The maximum Gasteiger partial charge on any atom is 0.325 e. The summed E-state index contributed by atoms with van der Waals surface area (Å²) in [7, 11) is 3.30. The summed E-state index contributed by atoms with van der Waals surface area (Å²) in [5.41, 5.74) is 4.22. The Bertz CT molecular complexity index is 1440. The van der Waals surface area contributed by atoms with E-state index in [9.17, 15) is 9.59 Å². The molecule has 0 atom stereocenters. The third-order valence-corrected chi connectivity index (χ3v) is 9.13. The number of likely N-dealkylation sites (tertiary alicyclic amines) is 1. The lowest BCUT2D eigenvalue weighted by Crippen LogP contribution is -2.54. The Hall–Kier alpha value is -3.85. The molecule has 3 amide bonds. The van der Waals surface area contributed by atoms with Crippen LogP contribution in [-0.4, -0.2) is 71.0 Å². The number of rotatable bonds is 5. The SMILES string of the molecule is CC.CCN1C(=O)N2Cc3cc(OC)cc(OC)c3CC=C2C12CCN(C(=O)c1csc(-c3ccccc3)n1)CC2. The lowest BCUT2D eigenvalue weighted by Gasteiger charge is -2.44. The van der Waals surface area contributed by atoms with E-state index in [0.717, 1.165) is 33.1 Å². The topological polar surface area (TPSA) is 75.2 Å². The van der Waals surface area contributed by atoms with E-state index in [1.165, 1.54) is 11.3 Å². The number of carbonyl (C=O) groups excluding carboxylic acids is 2. The minimum atomic E-state index is -0.431. The van der Waals surface area contributed by atoms with Crippen LogP contribution in [0.2, 0.25) is 0 Å². The molecule has 41 heavy (non-hydrogen) atoms. The van der Waals surface area contributed by atoms with Crippen molar-refractivity contribution in [3.8, 4) is 22.1 Å². The molecule has 0 aliphatic carbocycles. The minimum absolute atomic E-state index is 0.0187. The Balaban J connectivity index is 0.00000165. The molecule has 0 unspecified atom stereocenters. The van der Waals surface area contributed by atoms with Gasteiger partial charge in [-0.05, 0) is 37.8 Å². The van der Waals surface area contributed by atoms with Gasteiger partial charge in [0.05, 0.1) is 26.3 Å². The summed E-state index contributed by atoms with van der Waals surface area (Å²) in [5.74, 6) is 1.44. The van der Waals surface area contributed by atoms with Crippen molar-refractivity contribution in [3.05, 3.63) is 76.4 Å². The van der Waals surface area contributed by atoms with Gasteiger partial charge >= 0.3 is 6.03 Å². The van der Waals surface area contributed by atoms with Crippen molar-refractivity contribution in [3.63, 3.8) is 0 Å². The Morgan fingerprint density at radius 3 is 2.46 bits per heavy atom. The first kappa shape index (κ1) is 28.7. The molecule has 9 heteroatoms. The number of urea groups is 1. The summed E-state index contributed by atoms with van der Waals surface area (Å²) >= 11 is 1.49. The molecule has 0 N–H and O–H groups in total. The molecule has 2 saturated heterocycles. The Kier molecular flexibility index (Phi) is 8.35. The van der Waals surface area contributed by atoms with Crippen molar-refractivity contribution in [2.45, 2.75) is 52.1 Å². The molecule has 2 fully saturated rings.